The Kier molecular flexibility index (Phi) is 4.10. The Morgan fingerprint density at radius 1 is 1.32 bits per heavy atom. The summed E-state index contributed by atoms with van der Waals surface area (Å²) >= 11 is 0. The van der Waals surface area contributed by atoms with Crippen LogP contribution in [0.4, 0.5) is 10.1 Å². The van der Waals surface area contributed by atoms with Crippen molar-refractivity contribution < 1.29 is 12.8 Å². The molecular weight excluding hydrogens is 267 g/mol. The molecule has 2 atom stereocenters. The zero-order chi connectivity index (χ0) is 14.0. The minimum atomic E-state index is -3.63. The molecule has 106 valence electrons. The highest BCUT2D eigenvalue weighted by atomic mass is 32.2. The largest absolute Gasteiger partial charge is 0.396 e. The van der Waals surface area contributed by atoms with Gasteiger partial charge in [-0.25, -0.2) is 17.5 Å². The van der Waals surface area contributed by atoms with Crippen molar-refractivity contribution in [1.29, 1.82) is 0 Å². The fourth-order valence-electron chi connectivity index (χ4n) is 2.45. The van der Waals surface area contributed by atoms with Crippen molar-refractivity contribution >= 4 is 15.7 Å². The predicted octanol–water partition coefficient (Wildman–Crippen LogP) is 2.26. The smallest absolute Gasteiger partial charge is 0.240 e. The number of rotatable bonds is 3. The Bertz CT molecular complexity index is 560. The molecule has 0 saturated heterocycles. The molecule has 6 heteroatoms. The second kappa shape index (κ2) is 5.46. The van der Waals surface area contributed by atoms with E-state index in [0.717, 1.165) is 37.8 Å². The molecule has 2 unspecified atom stereocenters. The summed E-state index contributed by atoms with van der Waals surface area (Å²) in [6, 6.07) is 3.42. The third-order valence-corrected chi connectivity index (χ3v) is 5.18. The highest BCUT2D eigenvalue weighted by molar-refractivity contribution is 7.89. The van der Waals surface area contributed by atoms with Crippen LogP contribution in [0.15, 0.2) is 23.1 Å². The monoisotopic (exact) mass is 286 g/mol. The highest BCUT2D eigenvalue weighted by Gasteiger charge is 2.26. The van der Waals surface area contributed by atoms with Crippen LogP contribution in [-0.2, 0) is 10.0 Å². The van der Waals surface area contributed by atoms with Gasteiger partial charge in [0.25, 0.3) is 0 Å². The first kappa shape index (κ1) is 14.3. The number of halogens is 1. The fourth-order valence-corrected chi connectivity index (χ4v) is 3.86. The molecule has 19 heavy (non-hydrogen) atoms. The average molecular weight is 286 g/mol. The highest BCUT2D eigenvalue weighted by Crippen LogP contribution is 2.25. The van der Waals surface area contributed by atoms with Gasteiger partial charge in [0.2, 0.25) is 10.0 Å². The maximum absolute atomic E-state index is 13.1. The minimum Gasteiger partial charge on any atom is -0.396 e. The average Bonchev–Trinajstić information content (AvgIpc) is 2.35. The van der Waals surface area contributed by atoms with E-state index in [1.807, 2.05) is 6.92 Å². The molecule has 0 aliphatic heterocycles. The maximum atomic E-state index is 13.1. The van der Waals surface area contributed by atoms with Gasteiger partial charge in [0.15, 0.2) is 0 Å². The van der Waals surface area contributed by atoms with E-state index < -0.39 is 15.8 Å². The van der Waals surface area contributed by atoms with E-state index in [-0.39, 0.29) is 16.6 Å². The summed E-state index contributed by atoms with van der Waals surface area (Å²) in [6.07, 6.45) is 4.04. The SMILES string of the molecule is CC1CCCCC1NS(=O)(=O)c1ccc(F)c(N)c1. The Hall–Kier alpha value is -1.14. The molecule has 1 aliphatic rings. The minimum absolute atomic E-state index is 0.0178. The molecule has 0 heterocycles. The van der Waals surface area contributed by atoms with Crippen molar-refractivity contribution in [2.24, 2.45) is 5.92 Å². The molecule has 0 bridgehead atoms. The van der Waals surface area contributed by atoms with Crippen molar-refractivity contribution in [1.82, 2.24) is 4.72 Å². The molecule has 4 nitrogen and oxygen atoms in total. The van der Waals surface area contributed by atoms with E-state index in [2.05, 4.69) is 4.72 Å². The molecule has 0 aromatic heterocycles. The first-order valence-electron chi connectivity index (χ1n) is 6.47. The van der Waals surface area contributed by atoms with E-state index in [0.29, 0.717) is 5.92 Å². The van der Waals surface area contributed by atoms with Gasteiger partial charge in [0, 0.05) is 6.04 Å². The molecule has 0 spiro atoms. The molecule has 1 saturated carbocycles. The topological polar surface area (TPSA) is 72.2 Å². The van der Waals surface area contributed by atoms with Crippen molar-refractivity contribution in [2.45, 2.75) is 43.5 Å². The Balaban J connectivity index is 2.19. The molecule has 1 aromatic carbocycles. The zero-order valence-electron chi connectivity index (χ0n) is 10.9. The molecule has 1 aliphatic carbocycles. The number of hydrogen-bond donors (Lipinski definition) is 2. The van der Waals surface area contributed by atoms with Gasteiger partial charge in [-0.05, 0) is 37.0 Å². The maximum Gasteiger partial charge on any atom is 0.240 e. The van der Waals surface area contributed by atoms with Gasteiger partial charge in [0.05, 0.1) is 10.6 Å². The van der Waals surface area contributed by atoms with Crippen LogP contribution in [-0.4, -0.2) is 14.5 Å². The molecule has 0 radical (unpaired) electrons. The predicted molar refractivity (Wildman–Crippen MR) is 72.6 cm³/mol. The van der Waals surface area contributed by atoms with Gasteiger partial charge in [0.1, 0.15) is 5.82 Å². The van der Waals surface area contributed by atoms with Gasteiger partial charge in [-0.2, -0.15) is 0 Å². The quantitative estimate of drug-likeness (QED) is 0.837. The second-order valence-electron chi connectivity index (χ2n) is 5.17. The molecule has 1 aromatic rings. The van der Waals surface area contributed by atoms with Crippen molar-refractivity contribution in [3.8, 4) is 0 Å². The van der Waals surface area contributed by atoms with Crippen LogP contribution in [0.2, 0.25) is 0 Å². The van der Waals surface area contributed by atoms with Crippen LogP contribution in [0, 0.1) is 11.7 Å². The van der Waals surface area contributed by atoms with Crippen LogP contribution >= 0.6 is 0 Å². The van der Waals surface area contributed by atoms with E-state index in [1.54, 1.807) is 0 Å². The fraction of sp³-hybridized carbons (Fsp3) is 0.538. The van der Waals surface area contributed by atoms with E-state index in [9.17, 15) is 12.8 Å². The van der Waals surface area contributed by atoms with Gasteiger partial charge < -0.3 is 5.73 Å². The number of nitrogens with two attached hydrogens (primary N) is 1. The second-order valence-corrected chi connectivity index (χ2v) is 6.89. The van der Waals surface area contributed by atoms with Crippen molar-refractivity contribution in [3.63, 3.8) is 0 Å². The Labute approximate surface area is 113 Å². The Morgan fingerprint density at radius 3 is 2.63 bits per heavy atom. The number of anilines is 1. The molecule has 1 fully saturated rings. The lowest BCUT2D eigenvalue weighted by Crippen LogP contribution is -2.40. The number of benzene rings is 1. The van der Waals surface area contributed by atoms with E-state index >= 15 is 0 Å². The van der Waals surface area contributed by atoms with Gasteiger partial charge >= 0.3 is 0 Å². The summed E-state index contributed by atoms with van der Waals surface area (Å²) in [4.78, 5) is 0.0178. The molecule has 2 rings (SSSR count). The van der Waals surface area contributed by atoms with Crippen LogP contribution in [0.3, 0.4) is 0 Å². The lowest BCUT2D eigenvalue weighted by atomic mass is 9.87. The summed E-state index contributed by atoms with van der Waals surface area (Å²) in [5.74, 6) is -0.286. The first-order chi connectivity index (χ1) is 8.90. The summed E-state index contributed by atoms with van der Waals surface area (Å²) in [5, 5.41) is 0. The summed E-state index contributed by atoms with van der Waals surface area (Å²) in [6.45, 7) is 2.05. The zero-order valence-corrected chi connectivity index (χ0v) is 11.7. The van der Waals surface area contributed by atoms with Crippen molar-refractivity contribution in [2.75, 3.05) is 5.73 Å². The molecule has 0 amide bonds. The third-order valence-electron chi connectivity index (χ3n) is 3.70. The number of nitrogens with one attached hydrogen (secondary N) is 1. The van der Waals surface area contributed by atoms with Crippen LogP contribution in [0.5, 0.6) is 0 Å². The number of sulfonamides is 1. The lowest BCUT2D eigenvalue weighted by Gasteiger charge is -2.29. The van der Waals surface area contributed by atoms with Gasteiger partial charge in [-0.1, -0.05) is 19.8 Å². The van der Waals surface area contributed by atoms with Gasteiger partial charge in [-0.15, -0.1) is 0 Å². The molecule has 3 N–H and O–H groups in total. The van der Waals surface area contributed by atoms with E-state index in [1.165, 1.54) is 6.07 Å². The Morgan fingerprint density at radius 2 is 2.00 bits per heavy atom. The summed E-state index contributed by atoms with van der Waals surface area (Å²) in [7, 11) is -3.63. The van der Waals surface area contributed by atoms with Gasteiger partial charge in [-0.3, -0.25) is 0 Å². The number of hydrogen-bond acceptors (Lipinski definition) is 3. The summed E-state index contributed by atoms with van der Waals surface area (Å²) < 4.78 is 40.2. The number of nitrogen functional groups attached to an aromatic ring is 1. The third kappa shape index (κ3) is 3.25. The normalized spacial score (nSPS) is 24.3. The van der Waals surface area contributed by atoms with Crippen LogP contribution in [0.25, 0.3) is 0 Å². The lowest BCUT2D eigenvalue weighted by molar-refractivity contribution is 0.310. The van der Waals surface area contributed by atoms with Crippen LogP contribution < -0.4 is 10.5 Å². The first-order valence-corrected chi connectivity index (χ1v) is 7.96. The standard InChI is InChI=1S/C13H19FN2O2S/c1-9-4-2-3-5-13(9)16-19(17,18)10-6-7-11(14)12(15)8-10/h6-9,13,16H,2-5,15H2,1H3. The molecular formula is C13H19FN2O2S. The van der Waals surface area contributed by atoms with Crippen molar-refractivity contribution in [3.05, 3.63) is 24.0 Å². The summed E-state index contributed by atoms with van der Waals surface area (Å²) in [5.41, 5.74) is 5.26. The van der Waals surface area contributed by atoms with Crippen LogP contribution in [0.1, 0.15) is 32.6 Å². The van der Waals surface area contributed by atoms with E-state index in [4.69, 9.17) is 5.73 Å².